The molecule has 0 aromatic heterocycles. The molecule has 1 saturated carbocycles. The lowest BCUT2D eigenvalue weighted by molar-refractivity contribution is 0.218. The molecule has 118 valence electrons. The van der Waals surface area contributed by atoms with Crippen molar-refractivity contribution in [3.05, 3.63) is 0 Å². The number of rotatable bonds is 8. The molecule has 0 spiro atoms. The maximum absolute atomic E-state index is 4.72. The minimum Gasteiger partial charge on any atom is -0.357 e. The van der Waals surface area contributed by atoms with Crippen LogP contribution in [0.3, 0.4) is 0 Å². The van der Waals surface area contributed by atoms with E-state index in [4.69, 9.17) is 4.99 Å². The Morgan fingerprint density at radius 1 is 1.20 bits per heavy atom. The van der Waals surface area contributed by atoms with Crippen LogP contribution in [0.15, 0.2) is 4.99 Å². The molecule has 0 aliphatic heterocycles. The first-order valence-electron chi connectivity index (χ1n) is 8.26. The van der Waals surface area contributed by atoms with Crippen molar-refractivity contribution in [1.82, 2.24) is 15.5 Å². The maximum atomic E-state index is 4.72. The van der Waals surface area contributed by atoms with E-state index < -0.39 is 0 Å². The summed E-state index contributed by atoms with van der Waals surface area (Å²) in [5.74, 6) is 1.56. The summed E-state index contributed by atoms with van der Waals surface area (Å²) in [5.41, 5.74) is 0. The molecule has 2 N–H and O–H groups in total. The smallest absolute Gasteiger partial charge is 0.191 e. The van der Waals surface area contributed by atoms with Gasteiger partial charge in [-0.2, -0.15) is 0 Å². The number of hydrogen-bond donors (Lipinski definition) is 2. The molecule has 1 fully saturated rings. The van der Waals surface area contributed by atoms with Crippen LogP contribution in [0.25, 0.3) is 0 Å². The molecule has 0 aromatic rings. The fourth-order valence-electron chi connectivity index (χ4n) is 2.25. The summed E-state index contributed by atoms with van der Waals surface area (Å²) in [7, 11) is 0. The quantitative estimate of drug-likeness (QED) is 0.531. The summed E-state index contributed by atoms with van der Waals surface area (Å²) in [6.45, 7) is 16.2. The zero-order valence-corrected chi connectivity index (χ0v) is 14.2. The van der Waals surface area contributed by atoms with Gasteiger partial charge in [-0.25, -0.2) is 0 Å². The Morgan fingerprint density at radius 3 is 2.30 bits per heavy atom. The van der Waals surface area contributed by atoms with E-state index in [0.29, 0.717) is 18.0 Å². The van der Waals surface area contributed by atoms with E-state index in [-0.39, 0.29) is 0 Å². The van der Waals surface area contributed by atoms with E-state index in [0.717, 1.165) is 31.6 Å². The van der Waals surface area contributed by atoms with E-state index in [2.05, 4.69) is 57.1 Å². The van der Waals surface area contributed by atoms with Crippen molar-refractivity contribution in [2.75, 3.05) is 19.6 Å². The molecule has 1 aliphatic rings. The van der Waals surface area contributed by atoms with Crippen LogP contribution in [0.4, 0.5) is 0 Å². The Kier molecular flexibility index (Phi) is 7.35. The zero-order chi connectivity index (χ0) is 15.1. The topological polar surface area (TPSA) is 39.7 Å². The molecule has 4 heteroatoms. The maximum Gasteiger partial charge on any atom is 0.191 e. The van der Waals surface area contributed by atoms with Crippen LogP contribution in [-0.4, -0.2) is 48.6 Å². The standard InChI is InChI=1S/C16H34N4/c1-7-17-16(19-14(6)12(2)3)18-10-11-20(13(4)5)15-8-9-15/h12-15H,7-11H2,1-6H3,(H2,17,18,19). The van der Waals surface area contributed by atoms with Gasteiger partial charge in [0.25, 0.3) is 0 Å². The Balaban J connectivity index is 2.44. The van der Waals surface area contributed by atoms with Gasteiger partial charge in [0.15, 0.2) is 5.96 Å². The lowest BCUT2D eigenvalue weighted by Crippen LogP contribution is -2.44. The molecule has 1 aliphatic carbocycles. The predicted octanol–water partition coefficient (Wildman–Crippen LogP) is 2.46. The second-order valence-electron chi connectivity index (χ2n) is 6.50. The first-order chi connectivity index (χ1) is 9.45. The molecular formula is C16H34N4. The SMILES string of the molecule is CCNC(=NCCN(C(C)C)C1CC1)NC(C)C(C)C. The molecule has 0 bridgehead atoms. The minimum atomic E-state index is 0.442. The number of nitrogens with one attached hydrogen (secondary N) is 2. The summed E-state index contributed by atoms with van der Waals surface area (Å²) in [6.07, 6.45) is 2.73. The van der Waals surface area contributed by atoms with Crippen molar-refractivity contribution in [3.63, 3.8) is 0 Å². The van der Waals surface area contributed by atoms with Gasteiger partial charge in [0.05, 0.1) is 6.54 Å². The third-order valence-electron chi connectivity index (χ3n) is 4.02. The normalized spacial score (nSPS) is 17.9. The Hall–Kier alpha value is -0.770. The average molecular weight is 282 g/mol. The first kappa shape index (κ1) is 17.3. The Bertz CT molecular complexity index is 293. The molecule has 1 atom stereocenters. The molecule has 0 aromatic carbocycles. The fraction of sp³-hybridized carbons (Fsp3) is 0.938. The van der Waals surface area contributed by atoms with Gasteiger partial charge in [0, 0.05) is 31.2 Å². The summed E-state index contributed by atoms with van der Waals surface area (Å²) >= 11 is 0. The monoisotopic (exact) mass is 282 g/mol. The minimum absolute atomic E-state index is 0.442. The molecule has 1 rings (SSSR count). The van der Waals surface area contributed by atoms with E-state index >= 15 is 0 Å². The van der Waals surface area contributed by atoms with Crippen molar-refractivity contribution in [2.24, 2.45) is 10.9 Å². The molecule has 0 radical (unpaired) electrons. The van der Waals surface area contributed by atoms with Crippen LogP contribution >= 0.6 is 0 Å². The van der Waals surface area contributed by atoms with E-state index in [1.54, 1.807) is 0 Å². The van der Waals surface area contributed by atoms with Crippen molar-refractivity contribution < 1.29 is 0 Å². The summed E-state index contributed by atoms with van der Waals surface area (Å²) < 4.78 is 0. The Labute approximate surface area is 125 Å². The van der Waals surface area contributed by atoms with Crippen LogP contribution in [-0.2, 0) is 0 Å². The van der Waals surface area contributed by atoms with E-state index in [1.807, 2.05) is 0 Å². The summed E-state index contributed by atoms with van der Waals surface area (Å²) in [6, 6.07) is 1.88. The second kappa shape index (κ2) is 8.50. The molecule has 20 heavy (non-hydrogen) atoms. The third-order valence-corrected chi connectivity index (χ3v) is 4.02. The van der Waals surface area contributed by atoms with E-state index in [1.165, 1.54) is 12.8 Å². The van der Waals surface area contributed by atoms with Gasteiger partial charge in [0.2, 0.25) is 0 Å². The van der Waals surface area contributed by atoms with Crippen molar-refractivity contribution in [3.8, 4) is 0 Å². The highest BCUT2D eigenvalue weighted by Gasteiger charge is 2.29. The second-order valence-corrected chi connectivity index (χ2v) is 6.50. The first-order valence-corrected chi connectivity index (χ1v) is 8.26. The van der Waals surface area contributed by atoms with E-state index in [9.17, 15) is 0 Å². The Morgan fingerprint density at radius 2 is 1.85 bits per heavy atom. The van der Waals surface area contributed by atoms with Crippen LogP contribution in [0, 0.1) is 5.92 Å². The molecule has 0 heterocycles. The highest BCUT2D eigenvalue weighted by atomic mass is 15.2. The van der Waals surface area contributed by atoms with Crippen LogP contribution in [0.5, 0.6) is 0 Å². The van der Waals surface area contributed by atoms with Crippen LogP contribution < -0.4 is 10.6 Å². The largest absolute Gasteiger partial charge is 0.357 e. The molecule has 0 saturated heterocycles. The highest BCUT2D eigenvalue weighted by Crippen LogP contribution is 2.28. The number of aliphatic imine (C=N–C) groups is 1. The van der Waals surface area contributed by atoms with Crippen molar-refractivity contribution in [2.45, 2.75) is 72.5 Å². The zero-order valence-electron chi connectivity index (χ0n) is 14.2. The molecule has 1 unspecified atom stereocenters. The number of nitrogens with zero attached hydrogens (tertiary/aromatic N) is 2. The molecular weight excluding hydrogens is 248 g/mol. The van der Waals surface area contributed by atoms with Gasteiger partial charge in [-0.1, -0.05) is 13.8 Å². The molecule has 4 nitrogen and oxygen atoms in total. The third kappa shape index (κ3) is 6.12. The van der Waals surface area contributed by atoms with Crippen LogP contribution in [0.2, 0.25) is 0 Å². The lowest BCUT2D eigenvalue weighted by atomic mass is 10.1. The highest BCUT2D eigenvalue weighted by molar-refractivity contribution is 5.80. The van der Waals surface area contributed by atoms with Crippen molar-refractivity contribution >= 4 is 5.96 Å². The number of guanidine groups is 1. The average Bonchev–Trinajstić information content (AvgIpc) is 3.18. The summed E-state index contributed by atoms with van der Waals surface area (Å²) in [5, 5.41) is 6.82. The van der Waals surface area contributed by atoms with Crippen LogP contribution in [0.1, 0.15) is 54.4 Å². The predicted molar refractivity (Wildman–Crippen MR) is 88.3 cm³/mol. The number of hydrogen-bond acceptors (Lipinski definition) is 2. The fourth-order valence-corrected chi connectivity index (χ4v) is 2.25. The van der Waals surface area contributed by atoms with Gasteiger partial charge in [0.1, 0.15) is 0 Å². The molecule has 0 amide bonds. The van der Waals surface area contributed by atoms with Gasteiger partial charge in [-0.15, -0.1) is 0 Å². The van der Waals surface area contributed by atoms with Gasteiger partial charge < -0.3 is 10.6 Å². The lowest BCUT2D eigenvalue weighted by Gasteiger charge is -2.26. The van der Waals surface area contributed by atoms with Gasteiger partial charge in [-0.05, 0) is 46.5 Å². The summed E-state index contributed by atoms with van der Waals surface area (Å²) in [4.78, 5) is 7.30. The van der Waals surface area contributed by atoms with Gasteiger partial charge in [-0.3, -0.25) is 9.89 Å². The van der Waals surface area contributed by atoms with Gasteiger partial charge >= 0.3 is 0 Å². The van der Waals surface area contributed by atoms with Crippen molar-refractivity contribution in [1.29, 1.82) is 0 Å².